The average molecular weight is 444 g/mol. The van der Waals surface area contributed by atoms with Gasteiger partial charge in [-0.2, -0.15) is 13.2 Å². The lowest BCUT2D eigenvalue weighted by Crippen LogP contribution is -2.41. The molecule has 2 aromatic carbocycles. The summed E-state index contributed by atoms with van der Waals surface area (Å²) in [6.45, 7) is -1.77. The van der Waals surface area contributed by atoms with Gasteiger partial charge in [0.25, 0.3) is 5.91 Å². The molecule has 0 unspecified atom stereocenters. The predicted molar refractivity (Wildman–Crippen MR) is 109 cm³/mol. The molecule has 0 spiro atoms. The largest absolute Gasteiger partial charge is 0.401 e. The standard InChI is InChI=1S/C20H21ClF3N3O3/c1-30-11-10-27(13-20(22,23)24)12-18(28)26-17-5-3-2-4-16(17)19(29)25-15-8-6-14(21)7-9-15/h2-9H,10-13H2,1H3,(H,25,29)(H,26,28). The van der Waals surface area contributed by atoms with E-state index in [1.807, 2.05) is 0 Å². The first-order valence-electron chi connectivity index (χ1n) is 8.92. The average Bonchev–Trinajstić information content (AvgIpc) is 2.67. The van der Waals surface area contributed by atoms with Crippen LogP contribution in [0, 0.1) is 0 Å². The Kier molecular flexibility index (Phi) is 8.64. The summed E-state index contributed by atoms with van der Waals surface area (Å²) in [7, 11) is 1.36. The van der Waals surface area contributed by atoms with Crippen molar-refractivity contribution < 1.29 is 27.5 Å². The van der Waals surface area contributed by atoms with Gasteiger partial charge in [0.2, 0.25) is 5.91 Å². The van der Waals surface area contributed by atoms with Crippen molar-refractivity contribution in [1.29, 1.82) is 0 Å². The fourth-order valence-electron chi connectivity index (χ4n) is 2.60. The highest BCUT2D eigenvalue weighted by Crippen LogP contribution is 2.20. The number of nitrogens with zero attached hydrogens (tertiary/aromatic N) is 1. The fourth-order valence-corrected chi connectivity index (χ4v) is 2.73. The first-order valence-corrected chi connectivity index (χ1v) is 9.29. The summed E-state index contributed by atoms with van der Waals surface area (Å²) in [5, 5.41) is 5.69. The monoisotopic (exact) mass is 443 g/mol. The molecular weight excluding hydrogens is 423 g/mol. The van der Waals surface area contributed by atoms with Crippen LogP contribution in [0.3, 0.4) is 0 Å². The number of hydrogen-bond donors (Lipinski definition) is 2. The molecule has 6 nitrogen and oxygen atoms in total. The molecule has 10 heteroatoms. The van der Waals surface area contributed by atoms with Crippen LogP contribution in [0.5, 0.6) is 0 Å². The van der Waals surface area contributed by atoms with Crippen LogP contribution in [0.1, 0.15) is 10.4 Å². The Morgan fingerprint density at radius 1 is 1.07 bits per heavy atom. The molecule has 0 aromatic heterocycles. The minimum atomic E-state index is -4.45. The molecule has 0 fully saturated rings. The van der Waals surface area contributed by atoms with Gasteiger partial charge in [-0.1, -0.05) is 23.7 Å². The molecule has 2 aromatic rings. The minimum Gasteiger partial charge on any atom is -0.383 e. The zero-order valence-corrected chi connectivity index (χ0v) is 16.9. The molecule has 30 heavy (non-hydrogen) atoms. The maximum atomic E-state index is 12.7. The van der Waals surface area contributed by atoms with Gasteiger partial charge in [-0.3, -0.25) is 14.5 Å². The first kappa shape index (κ1) is 23.7. The zero-order chi connectivity index (χ0) is 22.1. The van der Waals surface area contributed by atoms with E-state index in [1.165, 1.54) is 19.2 Å². The maximum Gasteiger partial charge on any atom is 0.401 e. The van der Waals surface area contributed by atoms with Crippen molar-refractivity contribution in [2.24, 2.45) is 0 Å². The minimum absolute atomic E-state index is 0.0451. The highest BCUT2D eigenvalue weighted by molar-refractivity contribution is 6.30. The molecule has 0 aliphatic carbocycles. The Hall–Kier alpha value is -2.62. The third kappa shape index (κ3) is 8.02. The second-order valence-corrected chi connectivity index (χ2v) is 6.81. The topological polar surface area (TPSA) is 70.7 Å². The van der Waals surface area contributed by atoms with Crippen LogP contribution in [0.15, 0.2) is 48.5 Å². The number of halogens is 4. The van der Waals surface area contributed by atoms with Gasteiger partial charge in [-0.05, 0) is 36.4 Å². The zero-order valence-electron chi connectivity index (χ0n) is 16.1. The van der Waals surface area contributed by atoms with Crippen LogP contribution >= 0.6 is 11.6 Å². The van der Waals surface area contributed by atoms with E-state index in [0.717, 1.165) is 4.90 Å². The Morgan fingerprint density at radius 3 is 2.37 bits per heavy atom. The van der Waals surface area contributed by atoms with Crippen LogP contribution in [-0.4, -0.2) is 56.2 Å². The van der Waals surface area contributed by atoms with Crippen molar-refractivity contribution in [2.75, 3.05) is 44.0 Å². The molecule has 2 amide bonds. The Bertz CT molecular complexity index is 860. The highest BCUT2D eigenvalue weighted by atomic mass is 35.5. The lowest BCUT2D eigenvalue weighted by molar-refractivity contribution is -0.149. The van der Waals surface area contributed by atoms with Crippen molar-refractivity contribution in [3.8, 4) is 0 Å². The molecular formula is C20H21ClF3N3O3. The van der Waals surface area contributed by atoms with Crippen LogP contribution in [0.25, 0.3) is 0 Å². The molecule has 0 heterocycles. The lowest BCUT2D eigenvalue weighted by atomic mass is 10.1. The molecule has 0 bridgehead atoms. The number of para-hydroxylation sites is 1. The molecule has 0 aliphatic rings. The number of carbonyl (C=O) groups excluding carboxylic acids is 2. The highest BCUT2D eigenvalue weighted by Gasteiger charge is 2.31. The fraction of sp³-hybridized carbons (Fsp3) is 0.300. The summed E-state index contributed by atoms with van der Waals surface area (Å²) >= 11 is 5.82. The van der Waals surface area contributed by atoms with E-state index in [4.69, 9.17) is 16.3 Å². The maximum absolute atomic E-state index is 12.7. The number of benzene rings is 2. The van der Waals surface area contributed by atoms with Gasteiger partial charge in [0.1, 0.15) is 0 Å². The molecule has 2 rings (SSSR count). The molecule has 2 N–H and O–H groups in total. The molecule has 0 aliphatic heterocycles. The first-order chi connectivity index (χ1) is 14.2. The quantitative estimate of drug-likeness (QED) is 0.613. The predicted octanol–water partition coefficient (Wildman–Crippen LogP) is 4.04. The van der Waals surface area contributed by atoms with Gasteiger partial charge in [0.05, 0.1) is 30.9 Å². The van der Waals surface area contributed by atoms with E-state index >= 15 is 0 Å². The number of amides is 2. The summed E-state index contributed by atoms with van der Waals surface area (Å²) < 4.78 is 43.0. The number of carbonyl (C=O) groups is 2. The van der Waals surface area contributed by atoms with E-state index in [2.05, 4.69) is 10.6 Å². The molecule has 0 saturated carbocycles. The number of alkyl halides is 3. The molecule has 162 valence electrons. The van der Waals surface area contributed by atoms with Crippen molar-refractivity contribution in [2.45, 2.75) is 6.18 Å². The van der Waals surface area contributed by atoms with E-state index in [-0.39, 0.29) is 24.4 Å². The summed E-state index contributed by atoms with van der Waals surface area (Å²) in [6.07, 6.45) is -4.45. The smallest absolute Gasteiger partial charge is 0.383 e. The third-order valence-corrected chi connectivity index (χ3v) is 4.18. The summed E-state index contributed by atoms with van der Waals surface area (Å²) in [5.41, 5.74) is 0.856. The SMILES string of the molecule is COCCN(CC(=O)Nc1ccccc1C(=O)Nc1ccc(Cl)cc1)CC(F)(F)F. The number of anilines is 2. The van der Waals surface area contributed by atoms with Crippen LogP contribution in [0.2, 0.25) is 5.02 Å². The summed E-state index contributed by atoms with van der Waals surface area (Å²) in [6, 6.07) is 12.7. The number of hydrogen-bond acceptors (Lipinski definition) is 4. The lowest BCUT2D eigenvalue weighted by Gasteiger charge is -2.23. The van der Waals surface area contributed by atoms with Crippen molar-refractivity contribution in [1.82, 2.24) is 4.90 Å². The third-order valence-electron chi connectivity index (χ3n) is 3.93. The van der Waals surface area contributed by atoms with Gasteiger partial charge in [0.15, 0.2) is 0 Å². The van der Waals surface area contributed by atoms with Gasteiger partial charge < -0.3 is 15.4 Å². The molecule has 0 saturated heterocycles. The second-order valence-electron chi connectivity index (χ2n) is 6.37. The van der Waals surface area contributed by atoms with Crippen LogP contribution in [-0.2, 0) is 9.53 Å². The van der Waals surface area contributed by atoms with E-state index < -0.39 is 31.1 Å². The van der Waals surface area contributed by atoms with E-state index in [1.54, 1.807) is 36.4 Å². The number of nitrogens with one attached hydrogen (secondary N) is 2. The number of methoxy groups -OCH3 is 1. The Balaban J connectivity index is 2.07. The van der Waals surface area contributed by atoms with Gasteiger partial charge in [-0.25, -0.2) is 0 Å². The molecule has 0 radical (unpaired) electrons. The van der Waals surface area contributed by atoms with E-state index in [9.17, 15) is 22.8 Å². The number of ether oxygens (including phenoxy) is 1. The Morgan fingerprint density at radius 2 is 1.73 bits per heavy atom. The second kappa shape index (κ2) is 11.0. The van der Waals surface area contributed by atoms with Gasteiger partial charge >= 0.3 is 6.18 Å². The van der Waals surface area contributed by atoms with Gasteiger partial charge in [0, 0.05) is 24.4 Å². The van der Waals surface area contributed by atoms with Crippen LogP contribution in [0.4, 0.5) is 24.5 Å². The number of rotatable bonds is 9. The normalized spacial score (nSPS) is 11.4. The Labute approximate surface area is 177 Å². The molecule has 0 atom stereocenters. The van der Waals surface area contributed by atoms with Crippen molar-refractivity contribution >= 4 is 34.8 Å². The van der Waals surface area contributed by atoms with E-state index in [0.29, 0.717) is 10.7 Å². The van der Waals surface area contributed by atoms with Gasteiger partial charge in [-0.15, -0.1) is 0 Å². The van der Waals surface area contributed by atoms with Crippen molar-refractivity contribution in [3.05, 3.63) is 59.1 Å². The van der Waals surface area contributed by atoms with Crippen LogP contribution < -0.4 is 10.6 Å². The summed E-state index contributed by atoms with van der Waals surface area (Å²) in [5.74, 6) is -1.16. The van der Waals surface area contributed by atoms with Crippen molar-refractivity contribution in [3.63, 3.8) is 0 Å². The summed E-state index contributed by atoms with van der Waals surface area (Å²) in [4.78, 5) is 25.8.